The average molecular weight is 473 g/mol. The van der Waals surface area contributed by atoms with Crippen molar-refractivity contribution in [1.29, 1.82) is 0 Å². The summed E-state index contributed by atoms with van der Waals surface area (Å²) in [5.41, 5.74) is 1.59. The maximum atomic E-state index is 3.99. The first kappa shape index (κ1) is 30.2. The van der Waals surface area contributed by atoms with E-state index < -0.39 is 0 Å². The van der Waals surface area contributed by atoms with Gasteiger partial charge in [-0.1, -0.05) is 102 Å². The summed E-state index contributed by atoms with van der Waals surface area (Å²) in [6, 6.07) is 0. The Kier molecular flexibility index (Phi) is 11.7. The standard InChI is InChI=1S/C17H30.C10H15.Rh/c1-11-13(16(5,6)7)14(17(8,9)10)12-15(2,3)4;1-6-7(2)9(4)10(5)8(6)3;/h11H,1H2,2-10H3;1-5H3;/q-2;;+2. The molecule has 1 aliphatic carbocycles. The van der Waals surface area contributed by atoms with Gasteiger partial charge in [-0.15, -0.1) is 10.8 Å². The molecule has 0 bridgehead atoms. The van der Waals surface area contributed by atoms with Crippen molar-refractivity contribution in [2.45, 2.75) is 96.9 Å². The molecule has 6 radical (unpaired) electrons. The minimum Gasteiger partial charge on any atom is -0.348 e. The summed E-state index contributed by atoms with van der Waals surface area (Å²) in [6.07, 6.45) is 5.66. The van der Waals surface area contributed by atoms with Gasteiger partial charge in [-0.25, -0.2) is 0 Å². The van der Waals surface area contributed by atoms with Crippen LogP contribution in [0.2, 0.25) is 0 Å². The van der Waals surface area contributed by atoms with E-state index >= 15 is 0 Å². The fraction of sp³-hybridized carbons (Fsp3) is 0.630. The van der Waals surface area contributed by atoms with Crippen LogP contribution in [-0.2, 0) is 19.5 Å². The number of hydrogen-bond acceptors (Lipinski definition) is 0. The van der Waals surface area contributed by atoms with Crippen LogP contribution in [0, 0.1) is 57.8 Å². The van der Waals surface area contributed by atoms with Crippen molar-refractivity contribution in [3.63, 3.8) is 0 Å². The van der Waals surface area contributed by atoms with E-state index in [1.807, 2.05) is 6.08 Å². The van der Waals surface area contributed by atoms with Crippen molar-refractivity contribution >= 4 is 0 Å². The van der Waals surface area contributed by atoms with Crippen LogP contribution in [0.4, 0.5) is 0 Å². The van der Waals surface area contributed by atoms with E-state index in [4.69, 9.17) is 0 Å². The van der Waals surface area contributed by atoms with Crippen LogP contribution in [0.5, 0.6) is 0 Å². The number of allylic oxidation sites excluding steroid dienone is 3. The maximum Gasteiger partial charge on any atom is 2.00 e. The minimum absolute atomic E-state index is 0. The van der Waals surface area contributed by atoms with Gasteiger partial charge in [-0.05, 0) is 29.6 Å². The largest absolute Gasteiger partial charge is 2.00 e. The van der Waals surface area contributed by atoms with Gasteiger partial charge < -0.3 is 6.08 Å². The smallest absolute Gasteiger partial charge is 0.348 e. The summed E-state index contributed by atoms with van der Waals surface area (Å²) >= 11 is 0. The summed E-state index contributed by atoms with van der Waals surface area (Å²) in [6.45, 7) is 35.0. The predicted octanol–water partition coefficient (Wildman–Crippen LogP) is 8.58. The summed E-state index contributed by atoms with van der Waals surface area (Å²) in [4.78, 5) is 0. The van der Waals surface area contributed by atoms with Crippen molar-refractivity contribution in [3.8, 4) is 0 Å². The Morgan fingerprint density at radius 2 is 1.00 bits per heavy atom. The molecular formula is C27H45Rh. The van der Waals surface area contributed by atoms with Crippen LogP contribution in [0.15, 0.2) is 18.2 Å². The van der Waals surface area contributed by atoms with Crippen LogP contribution in [0.1, 0.15) is 96.9 Å². The molecule has 0 aromatic heterocycles. The Morgan fingerprint density at radius 3 is 1.14 bits per heavy atom. The predicted molar refractivity (Wildman–Crippen MR) is 123 cm³/mol. The average Bonchev–Trinajstić information content (AvgIpc) is 2.62. The molecule has 0 amide bonds. The molecule has 1 saturated carbocycles. The third kappa shape index (κ3) is 8.77. The van der Waals surface area contributed by atoms with Crippen molar-refractivity contribution in [2.24, 2.45) is 16.2 Å². The van der Waals surface area contributed by atoms with Crippen LogP contribution < -0.4 is 0 Å². The molecule has 1 heteroatoms. The first-order valence-corrected chi connectivity index (χ1v) is 10.2. The van der Waals surface area contributed by atoms with Gasteiger partial charge in [0, 0.05) is 0 Å². The van der Waals surface area contributed by atoms with Gasteiger partial charge >= 0.3 is 19.5 Å². The summed E-state index contributed by atoms with van der Waals surface area (Å²) in [7, 11) is 0. The van der Waals surface area contributed by atoms with E-state index in [1.165, 1.54) is 41.1 Å². The second-order valence-electron chi connectivity index (χ2n) is 11.0. The number of hydrogen-bond donors (Lipinski definition) is 0. The van der Waals surface area contributed by atoms with Crippen molar-refractivity contribution in [1.82, 2.24) is 0 Å². The quantitative estimate of drug-likeness (QED) is 0.279. The third-order valence-corrected chi connectivity index (χ3v) is 5.34. The Bertz CT molecular complexity index is 447. The van der Waals surface area contributed by atoms with Crippen LogP contribution in [0.3, 0.4) is 0 Å². The van der Waals surface area contributed by atoms with Gasteiger partial charge in [-0.2, -0.15) is 0 Å². The molecule has 0 saturated heterocycles. The Labute approximate surface area is 192 Å². The third-order valence-electron chi connectivity index (χ3n) is 5.34. The Balaban J connectivity index is 0. The Hall–Kier alpha value is -0.0266. The van der Waals surface area contributed by atoms with E-state index in [0.29, 0.717) is 0 Å². The van der Waals surface area contributed by atoms with Gasteiger partial charge in [0.15, 0.2) is 0 Å². The molecule has 0 heterocycles. The first-order chi connectivity index (χ1) is 11.8. The molecule has 0 aliphatic heterocycles. The molecular weight excluding hydrogens is 427 g/mol. The van der Waals surface area contributed by atoms with Crippen LogP contribution >= 0.6 is 0 Å². The molecule has 0 unspecified atom stereocenters. The van der Waals surface area contributed by atoms with Crippen molar-refractivity contribution in [3.05, 3.63) is 59.8 Å². The Morgan fingerprint density at radius 1 is 0.714 bits per heavy atom. The van der Waals surface area contributed by atoms with Gasteiger partial charge in [-0.3, -0.25) is 24.1 Å². The molecule has 0 spiro atoms. The van der Waals surface area contributed by atoms with Gasteiger partial charge in [0.2, 0.25) is 0 Å². The zero-order valence-corrected chi connectivity index (χ0v) is 22.8. The normalized spacial score (nSPS) is 19.1. The maximum absolute atomic E-state index is 3.99. The molecule has 1 rings (SSSR count). The monoisotopic (exact) mass is 472 g/mol. The topological polar surface area (TPSA) is 0 Å². The van der Waals surface area contributed by atoms with Gasteiger partial charge in [0.05, 0.1) is 0 Å². The zero-order valence-electron chi connectivity index (χ0n) is 21.1. The molecule has 0 aromatic carbocycles. The molecule has 1 fully saturated rings. The molecule has 0 nitrogen and oxygen atoms in total. The van der Waals surface area contributed by atoms with Crippen LogP contribution in [0.25, 0.3) is 0 Å². The summed E-state index contributed by atoms with van der Waals surface area (Å²) in [5.74, 6) is 8.64. The molecule has 162 valence electrons. The SMILES string of the molecule is C=C[C-](C(=[C-]C(C)(C)C)C(C)(C)C)C(C)(C)C.C[C]1[C](C)[C](C)[C](C)[C]1C.[Rh+2]. The van der Waals surface area contributed by atoms with E-state index in [0.717, 1.165) is 0 Å². The van der Waals surface area contributed by atoms with E-state index in [9.17, 15) is 0 Å². The second-order valence-corrected chi connectivity index (χ2v) is 11.0. The van der Waals surface area contributed by atoms with Crippen molar-refractivity contribution < 1.29 is 19.5 Å². The summed E-state index contributed by atoms with van der Waals surface area (Å²) < 4.78 is 0. The number of rotatable bonds is 2. The molecule has 0 atom stereocenters. The van der Waals surface area contributed by atoms with Crippen molar-refractivity contribution in [2.75, 3.05) is 0 Å². The fourth-order valence-corrected chi connectivity index (χ4v) is 3.22. The van der Waals surface area contributed by atoms with E-state index in [2.05, 4.69) is 110 Å². The van der Waals surface area contributed by atoms with Gasteiger partial charge in [0.25, 0.3) is 0 Å². The van der Waals surface area contributed by atoms with E-state index in [1.54, 1.807) is 0 Å². The molecule has 28 heavy (non-hydrogen) atoms. The first-order valence-electron chi connectivity index (χ1n) is 10.2. The molecule has 0 N–H and O–H groups in total. The second kappa shape index (κ2) is 10.8. The fourth-order valence-electron chi connectivity index (χ4n) is 3.22. The summed E-state index contributed by atoms with van der Waals surface area (Å²) in [5, 5.41) is 0. The van der Waals surface area contributed by atoms with Crippen LogP contribution in [-0.4, -0.2) is 0 Å². The molecule has 1 aliphatic rings. The molecule has 0 aromatic rings. The zero-order chi connectivity index (χ0) is 22.0. The minimum atomic E-state index is 0. The van der Waals surface area contributed by atoms with Gasteiger partial charge in [0.1, 0.15) is 0 Å². The van der Waals surface area contributed by atoms with E-state index in [-0.39, 0.29) is 35.7 Å².